The summed E-state index contributed by atoms with van der Waals surface area (Å²) < 4.78 is 5.49. The zero-order valence-corrected chi connectivity index (χ0v) is 10.3. The Morgan fingerprint density at radius 3 is 2.83 bits per heavy atom. The van der Waals surface area contributed by atoms with Gasteiger partial charge in [0.25, 0.3) is 0 Å². The van der Waals surface area contributed by atoms with E-state index in [1.165, 1.54) is 0 Å². The minimum atomic E-state index is -0.811. The number of benzene rings is 1. The van der Waals surface area contributed by atoms with Gasteiger partial charge in [-0.15, -0.1) is 12.3 Å². The maximum atomic E-state index is 10.6. The molecule has 0 bridgehead atoms. The highest BCUT2D eigenvalue weighted by atomic mass is 16.5. The summed E-state index contributed by atoms with van der Waals surface area (Å²) in [6.45, 7) is 0.389. The smallest absolute Gasteiger partial charge is 0.150 e. The number of aldehydes is 1. The molecule has 0 atom stereocenters. The average molecular weight is 246 g/mol. The third-order valence-corrected chi connectivity index (χ3v) is 2.57. The maximum Gasteiger partial charge on any atom is 0.150 e. The van der Waals surface area contributed by atoms with Crippen LogP contribution in [0.3, 0.4) is 0 Å². The third kappa shape index (κ3) is 5.00. The third-order valence-electron chi connectivity index (χ3n) is 2.57. The molecule has 4 N–H and O–H groups in total. The SMILES string of the molecule is C#CCCC(N)(N)CCOc1cccc(C=O)c1. The number of carbonyl (C=O) groups is 1. The van der Waals surface area contributed by atoms with Crippen LogP contribution in [0, 0.1) is 12.3 Å². The summed E-state index contributed by atoms with van der Waals surface area (Å²) in [5.41, 5.74) is 11.5. The lowest BCUT2D eigenvalue weighted by molar-refractivity contribution is 0.112. The van der Waals surface area contributed by atoms with Crippen LogP contribution >= 0.6 is 0 Å². The van der Waals surface area contributed by atoms with E-state index >= 15 is 0 Å². The summed E-state index contributed by atoms with van der Waals surface area (Å²) in [5.74, 6) is 3.14. The lowest BCUT2D eigenvalue weighted by Crippen LogP contribution is -2.50. The number of terminal acetylenes is 1. The van der Waals surface area contributed by atoms with E-state index in [9.17, 15) is 4.79 Å². The van der Waals surface area contributed by atoms with Gasteiger partial charge in [-0.2, -0.15) is 0 Å². The van der Waals surface area contributed by atoms with Crippen LogP contribution in [0.2, 0.25) is 0 Å². The Balaban J connectivity index is 2.41. The molecule has 4 heteroatoms. The zero-order chi connectivity index (χ0) is 13.4. The van der Waals surface area contributed by atoms with Gasteiger partial charge in [-0.25, -0.2) is 0 Å². The van der Waals surface area contributed by atoms with Gasteiger partial charge in [-0.1, -0.05) is 12.1 Å². The van der Waals surface area contributed by atoms with Gasteiger partial charge in [-0.3, -0.25) is 4.79 Å². The second-order valence-corrected chi connectivity index (χ2v) is 4.23. The second-order valence-electron chi connectivity index (χ2n) is 4.23. The van der Waals surface area contributed by atoms with Crippen molar-refractivity contribution in [3.8, 4) is 18.1 Å². The van der Waals surface area contributed by atoms with E-state index in [0.29, 0.717) is 37.2 Å². The normalized spacial score (nSPS) is 10.7. The first-order valence-electron chi connectivity index (χ1n) is 5.77. The molecule has 0 radical (unpaired) electrons. The molecule has 0 aliphatic carbocycles. The predicted octanol–water partition coefficient (Wildman–Crippen LogP) is 1.30. The van der Waals surface area contributed by atoms with Crippen molar-refractivity contribution in [2.45, 2.75) is 24.9 Å². The van der Waals surface area contributed by atoms with Crippen LogP contribution in [0.25, 0.3) is 0 Å². The topological polar surface area (TPSA) is 78.3 Å². The van der Waals surface area contributed by atoms with E-state index in [1.54, 1.807) is 24.3 Å². The van der Waals surface area contributed by atoms with Gasteiger partial charge < -0.3 is 16.2 Å². The molecule has 0 aliphatic heterocycles. The molecule has 1 aromatic carbocycles. The van der Waals surface area contributed by atoms with Crippen LogP contribution < -0.4 is 16.2 Å². The first-order valence-corrected chi connectivity index (χ1v) is 5.77. The first kappa shape index (κ1) is 14.2. The number of rotatable bonds is 7. The van der Waals surface area contributed by atoms with Crippen molar-refractivity contribution in [2.75, 3.05) is 6.61 Å². The van der Waals surface area contributed by atoms with E-state index < -0.39 is 5.66 Å². The fraction of sp³-hybridized carbons (Fsp3) is 0.357. The second kappa shape index (κ2) is 6.80. The van der Waals surface area contributed by atoms with Gasteiger partial charge in [-0.05, 0) is 18.6 Å². The summed E-state index contributed by atoms with van der Waals surface area (Å²) >= 11 is 0. The Hall–Kier alpha value is -1.83. The van der Waals surface area contributed by atoms with Crippen molar-refractivity contribution >= 4 is 6.29 Å². The van der Waals surface area contributed by atoms with Crippen LogP contribution in [-0.4, -0.2) is 18.6 Å². The van der Waals surface area contributed by atoms with Crippen molar-refractivity contribution in [2.24, 2.45) is 11.5 Å². The molecular formula is C14H18N2O2. The highest BCUT2D eigenvalue weighted by molar-refractivity contribution is 5.75. The fourth-order valence-electron chi connectivity index (χ4n) is 1.47. The Morgan fingerprint density at radius 2 is 2.17 bits per heavy atom. The van der Waals surface area contributed by atoms with E-state index in [4.69, 9.17) is 22.6 Å². The maximum absolute atomic E-state index is 10.6. The van der Waals surface area contributed by atoms with Crippen LogP contribution in [-0.2, 0) is 0 Å². The number of carbonyl (C=O) groups excluding carboxylic acids is 1. The van der Waals surface area contributed by atoms with Crippen LogP contribution in [0.5, 0.6) is 5.75 Å². The number of hydrogen-bond acceptors (Lipinski definition) is 4. The van der Waals surface area contributed by atoms with Crippen LogP contribution in [0.15, 0.2) is 24.3 Å². The lowest BCUT2D eigenvalue weighted by atomic mass is 10.0. The van der Waals surface area contributed by atoms with Crippen molar-refractivity contribution in [1.29, 1.82) is 0 Å². The molecule has 0 saturated carbocycles. The minimum Gasteiger partial charge on any atom is -0.493 e. The highest BCUT2D eigenvalue weighted by Gasteiger charge is 2.17. The molecule has 0 aliphatic rings. The molecular weight excluding hydrogens is 228 g/mol. The summed E-state index contributed by atoms with van der Waals surface area (Å²) in [7, 11) is 0. The zero-order valence-electron chi connectivity index (χ0n) is 10.3. The molecule has 96 valence electrons. The summed E-state index contributed by atoms with van der Waals surface area (Å²) in [6.07, 6.45) is 7.54. The molecule has 0 unspecified atom stereocenters. The van der Waals surface area contributed by atoms with E-state index in [2.05, 4.69) is 5.92 Å². The van der Waals surface area contributed by atoms with E-state index in [0.717, 1.165) is 6.29 Å². The Kier molecular flexibility index (Phi) is 5.37. The van der Waals surface area contributed by atoms with Crippen molar-refractivity contribution in [3.05, 3.63) is 29.8 Å². The van der Waals surface area contributed by atoms with Crippen molar-refractivity contribution in [1.82, 2.24) is 0 Å². The summed E-state index contributed by atoms with van der Waals surface area (Å²) in [6, 6.07) is 6.92. The fourth-order valence-corrected chi connectivity index (χ4v) is 1.47. The highest BCUT2D eigenvalue weighted by Crippen LogP contribution is 2.14. The Bertz CT molecular complexity index is 436. The molecule has 0 fully saturated rings. The quantitative estimate of drug-likeness (QED) is 0.432. The standard InChI is InChI=1S/C14H18N2O2/c1-2-3-7-14(15,16)8-9-18-13-6-4-5-12(10-13)11-17/h1,4-6,10-11H,3,7-9,15-16H2. The number of hydrogen-bond donors (Lipinski definition) is 2. The summed E-state index contributed by atoms with van der Waals surface area (Å²) in [5, 5.41) is 0. The van der Waals surface area contributed by atoms with Gasteiger partial charge in [0.05, 0.1) is 12.3 Å². The van der Waals surface area contributed by atoms with Crippen molar-refractivity contribution < 1.29 is 9.53 Å². The molecule has 18 heavy (non-hydrogen) atoms. The van der Waals surface area contributed by atoms with Crippen LogP contribution in [0.1, 0.15) is 29.6 Å². The molecule has 1 rings (SSSR count). The van der Waals surface area contributed by atoms with Gasteiger partial charge >= 0.3 is 0 Å². The number of ether oxygens (including phenoxy) is 1. The molecule has 0 saturated heterocycles. The van der Waals surface area contributed by atoms with Gasteiger partial charge in [0.2, 0.25) is 0 Å². The van der Waals surface area contributed by atoms with Gasteiger partial charge in [0.1, 0.15) is 12.0 Å². The average Bonchev–Trinajstić information content (AvgIpc) is 2.36. The monoisotopic (exact) mass is 246 g/mol. The molecule has 0 spiro atoms. The van der Waals surface area contributed by atoms with E-state index in [-0.39, 0.29) is 0 Å². The molecule has 4 nitrogen and oxygen atoms in total. The molecule has 0 heterocycles. The molecule has 1 aromatic rings. The molecule has 0 aromatic heterocycles. The van der Waals surface area contributed by atoms with Crippen molar-refractivity contribution in [3.63, 3.8) is 0 Å². The van der Waals surface area contributed by atoms with Gasteiger partial charge in [0, 0.05) is 18.4 Å². The predicted molar refractivity (Wildman–Crippen MR) is 71.1 cm³/mol. The molecule has 0 amide bonds. The largest absolute Gasteiger partial charge is 0.493 e. The summed E-state index contributed by atoms with van der Waals surface area (Å²) in [4.78, 5) is 10.6. The Morgan fingerprint density at radius 1 is 1.39 bits per heavy atom. The first-order chi connectivity index (χ1) is 8.57. The van der Waals surface area contributed by atoms with Gasteiger partial charge in [0.15, 0.2) is 0 Å². The minimum absolute atomic E-state index is 0.389. The van der Waals surface area contributed by atoms with E-state index in [1.807, 2.05) is 0 Å². The lowest BCUT2D eigenvalue weighted by Gasteiger charge is -2.23. The number of nitrogens with two attached hydrogens (primary N) is 2. The van der Waals surface area contributed by atoms with Crippen LogP contribution in [0.4, 0.5) is 0 Å². The Labute approximate surface area is 107 Å².